The molecule has 0 bridgehead atoms. The second-order valence-electron chi connectivity index (χ2n) is 7.10. The molecule has 0 radical (unpaired) electrons. The van der Waals surface area contributed by atoms with Gasteiger partial charge in [0.1, 0.15) is 0 Å². The monoisotopic (exact) mass is 463 g/mol. The summed E-state index contributed by atoms with van der Waals surface area (Å²) in [5.41, 5.74) is 0.742. The Hall–Kier alpha value is -3.33. The van der Waals surface area contributed by atoms with Gasteiger partial charge in [-0.25, -0.2) is 13.2 Å². The number of carboxylic acids is 1. The molecule has 0 amide bonds. The second kappa shape index (κ2) is 9.44. The number of aryl methyl sites for hydroxylation is 2. The van der Waals surface area contributed by atoms with E-state index in [4.69, 9.17) is 0 Å². The number of nitrogens with one attached hydrogen (secondary N) is 1. The number of hydrogen-bond donors (Lipinski definition) is 2. The summed E-state index contributed by atoms with van der Waals surface area (Å²) in [6.07, 6.45) is -3.20. The standard InChI is InChI=1S/C23H20F3NO4S/c24-23(25,26)18-11-6-12-19(15-18)32(30,31)27-21-14-4-2-8-17(21)10-5-9-16-7-1-3-13-20(16)22(28)29/h1-4,6-8,11-15,27H,5,9-10H2,(H,28,29). The molecular weight excluding hydrogens is 443 g/mol. The van der Waals surface area contributed by atoms with Crippen LogP contribution in [0.5, 0.6) is 0 Å². The Balaban J connectivity index is 1.77. The quantitative estimate of drug-likeness (QED) is 0.470. The number of carbonyl (C=O) groups is 1. The van der Waals surface area contributed by atoms with Gasteiger partial charge in [-0.2, -0.15) is 13.2 Å². The molecule has 3 aromatic carbocycles. The average molecular weight is 463 g/mol. The van der Waals surface area contributed by atoms with Crippen molar-refractivity contribution in [1.82, 2.24) is 0 Å². The molecule has 0 unspecified atom stereocenters. The van der Waals surface area contributed by atoms with E-state index >= 15 is 0 Å². The molecule has 9 heteroatoms. The molecule has 168 valence electrons. The summed E-state index contributed by atoms with van der Waals surface area (Å²) in [4.78, 5) is 10.9. The summed E-state index contributed by atoms with van der Waals surface area (Å²) in [6, 6.07) is 16.8. The van der Waals surface area contributed by atoms with E-state index in [1.165, 1.54) is 12.1 Å². The first-order valence-electron chi connectivity index (χ1n) is 9.67. The number of hydrogen-bond acceptors (Lipinski definition) is 3. The normalized spacial score (nSPS) is 11.8. The van der Waals surface area contributed by atoms with Gasteiger partial charge in [-0.15, -0.1) is 0 Å². The first-order chi connectivity index (χ1) is 15.1. The van der Waals surface area contributed by atoms with E-state index in [0.717, 1.165) is 18.2 Å². The summed E-state index contributed by atoms with van der Waals surface area (Å²) in [5.74, 6) is -1.02. The number of benzene rings is 3. The number of aromatic carboxylic acids is 1. The molecule has 3 aromatic rings. The number of carboxylic acid groups (broad SMARTS) is 1. The second-order valence-corrected chi connectivity index (χ2v) is 8.79. The van der Waals surface area contributed by atoms with Crippen LogP contribution in [-0.2, 0) is 29.0 Å². The lowest BCUT2D eigenvalue weighted by molar-refractivity contribution is -0.137. The lowest BCUT2D eigenvalue weighted by Crippen LogP contribution is -2.15. The molecule has 0 fully saturated rings. The lowest BCUT2D eigenvalue weighted by Gasteiger charge is -2.14. The number of sulfonamides is 1. The Kier molecular flexibility index (Phi) is 6.88. The Morgan fingerprint density at radius 3 is 2.19 bits per heavy atom. The molecular formula is C23H20F3NO4S. The highest BCUT2D eigenvalue weighted by Crippen LogP contribution is 2.31. The Morgan fingerprint density at radius 1 is 0.875 bits per heavy atom. The van der Waals surface area contributed by atoms with Crippen molar-refractivity contribution in [1.29, 1.82) is 0 Å². The van der Waals surface area contributed by atoms with E-state index in [-0.39, 0.29) is 11.3 Å². The van der Waals surface area contributed by atoms with E-state index in [1.54, 1.807) is 36.4 Å². The predicted octanol–water partition coefficient (Wildman–Crippen LogP) is 5.38. The first kappa shape index (κ1) is 23.3. The minimum absolute atomic E-state index is 0.214. The summed E-state index contributed by atoms with van der Waals surface area (Å²) in [5, 5.41) is 9.28. The van der Waals surface area contributed by atoms with Gasteiger partial charge in [0.05, 0.1) is 21.7 Å². The van der Waals surface area contributed by atoms with Crippen LogP contribution in [0.15, 0.2) is 77.7 Å². The molecule has 0 aliphatic rings. The summed E-state index contributed by atoms with van der Waals surface area (Å²) < 4.78 is 66.6. The SMILES string of the molecule is O=C(O)c1ccccc1CCCc1ccccc1NS(=O)(=O)c1cccc(C(F)(F)F)c1. The molecule has 0 atom stereocenters. The molecule has 0 heterocycles. The van der Waals surface area contributed by atoms with Crippen LogP contribution in [-0.4, -0.2) is 19.5 Å². The van der Waals surface area contributed by atoms with Gasteiger partial charge < -0.3 is 5.11 Å². The smallest absolute Gasteiger partial charge is 0.416 e. The third-order valence-corrected chi connectivity index (χ3v) is 6.24. The van der Waals surface area contributed by atoms with Crippen molar-refractivity contribution >= 4 is 21.7 Å². The van der Waals surface area contributed by atoms with Crippen LogP contribution in [0.4, 0.5) is 18.9 Å². The predicted molar refractivity (Wildman–Crippen MR) is 114 cm³/mol. The van der Waals surface area contributed by atoms with Crippen LogP contribution in [0, 0.1) is 0 Å². The van der Waals surface area contributed by atoms with E-state index in [2.05, 4.69) is 4.72 Å². The summed E-state index contributed by atoms with van der Waals surface area (Å²) >= 11 is 0. The molecule has 0 aliphatic heterocycles. The third kappa shape index (κ3) is 5.67. The van der Waals surface area contributed by atoms with Crippen LogP contribution >= 0.6 is 0 Å². The van der Waals surface area contributed by atoms with Crippen molar-refractivity contribution in [3.63, 3.8) is 0 Å². The number of halogens is 3. The highest BCUT2D eigenvalue weighted by atomic mass is 32.2. The van der Waals surface area contributed by atoms with E-state index in [9.17, 15) is 31.5 Å². The van der Waals surface area contributed by atoms with Crippen molar-refractivity contribution < 1.29 is 31.5 Å². The van der Waals surface area contributed by atoms with Crippen LogP contribution in [0.3, 0.4) is 0 Å². The highest BCUT2D eigenvalue weighted by Gasteiger charge is 2.31. The van der Waals surface area contributed by atoms with Crippen LogP contribution in [0.2, 0.25) is 0 Å². The lowest BCUT2D eigenvalue weighted by atomic mass is 9.99. The third-order valence-electron chi connectivity index (χ3n) is 4.87. The Morgan fingerprint density at radius 2 is 1.50 bits per heavy atom. The molecule has 2 N–H and O–H groups in total. The molecule has 32 heavy (non-hydrogen) atoms. The van der Waals surface area contributed by atoms with Gasteiger partial charge in [0, 0.05) is 0 Å². The number of rotatable bonds is 8. The fourth-order valence-corrected chi connectivity index (χ4v) is 4.44. The molecule has 0 aromatic heterocycles. The van der Waals surface area contributed by atoms with Gasteiger partial charge in [-0.1, -0.05) is 42.5 Å². The minimum Gasteiger partial charge on any atom is -0.478 e. The maximum absolute atomic E-state index is 13.0. The van der Waals surface area contributed by atoms with Crippen molar-refractivity contribution in [3.05, 3.63) is 95.1 Å². The van der Waals surface area contributed by atoms with Crippen LogP contribution in [0.1, 0.15) is 33.5 Å². The van der Waals surface area contributed by atoms with Crippen molar-refractivity contribution in [2.45, 2.75) is 30.3 Å². The van der Waals surface area contributed by atoms with E-state index < -0.39 is 32.6 Å². The van der Waals surface area contributed by atoms with Gasteiger partial charge in [0.15, 0.2) is 0 Å². The van der Waals surface area contributed by atoms with Crippen molar-refractivity contribution in [3.8, 4) is 0 Å². The zero-order chi connectivity index (χ0) is 23.4. The Bertz CT molecular complexity index is 1220. The summed E-state index contributed by atoms with van der Waals surface area (Å²) in [7, 11) is -4.24. The highest BCUT2D eigenvalue weighted by molar-refractivity contribution is 7.92. The van der Waals surface area contributed by atoms with Gasteiger partial charge in [0.25, 0.3) is 10.0 Å². The van der Waals surface area contributed by atoms with Gasteiger partial charge in [-0.05, 0) is 60.7 Å². The molecule has 0 saturated heterocycles. The summed E-state index contributed by atoms with van der Waals surface area (Å²) in [6.45, 7) is 0. The largest absolute Gasteiger partial charge is 0.478 e. The molecule has 0 saturated carbocycles. The maximum atomic E-state index is 13.0. The molecule has 0 spiro atoms. The zero-order valence-electron chi connectivity index (χ0n) is 16.8. The number of para-hydroxylation sites is 1. The van der Waals surface area contributed by atoms with Gasteiger partial charge in [-0.3, -0.25) is 4.72 Å². The topological polar surface area (TPSA) is 83.5 Å². The van der Waals surface area contributed by atoms with Gasteiger partial charge in [0.2, 0.25) is 0 Å². The van der Waals surface area contributed by atoms with Crippen molar-refractivity contribution in [2.24, 2.45) is 0 Å². The fraction of sp³-hybridized carbons (Fsp3) is 0.174. The number of alkyl halides is 3. The van der Waals surface area contributed by atoms with E-state index in [0.29, 0.717) is 36.5 Å². The zero-order valence-corrected chi connectivity index (χ0v) is 17.6. The van der Waals surface area contributed by atoms with E-state index in [1.807, 2.05) is 0 Å². The Labute approximate surface area is 183 Å². The van der Waals surface area contributed by atoms with Gasteiger partial charge >= 0.3 is 12.1 Å². The number of anilines is 1. The van der Waals surface area contributed by atoms with Crippen molar-refractivity contribution in [2.75, 3.05) is 4.72 Å². The molecule has 5 nitrogen and oxygen atoms in total. The fourth-order valence-electron chi connectivity index (χ4n) is 3.30. The maximum Gasteiger partial charge on any atom is 0.416 e. The average Bonchev–Trinajstić information content (AvgIpc) is 2.74. The minimum atomic E-state index is -4.66. The molecule has 0 aliphatic carbocycles. The first-order valence-corrected chi connectivity index (χ1v) is 11.2. The van der Waals surface area contributed by atoms with Crippen LogP contribution < -0.4 is 4.72 Å². The van der Waals surface area contributed by atoms with Crippen LogP contribution in [0.25, 0.3) is 0 Å². The molecule has 3 rings (SSSR count).